The molecule has 0 amide bonds. The molecule has 20 heavy (non-hydrogen) atoms. The van der Waals surface area contributed by atoms with Gasteiger partial charge in [0.15, 0.2) is 5.82 Å². The molecule has 0 atom stereocenters. The van der Waals surface area contributed by atoms with Crippen molar-refractivity contribution in [2.45, 2.75) is 4.90 Å². The van der Waals surface area contributed by atoms with Crippen molar-refractivity contribution >= 4 is 37.5 Å². The van der Waals surface area contributed by atoms with Crippen LogP contribution in [0.1, 0.15) is 0 Å². The zero-order chi connectivity index (χ0) is 14.9. The number of nitrogens with two attached hydrogens (primary N) is 1. The van der Waals surface area contributed by atoms with Gasteiger partial charge in [-0.25, -0.2) is 22.2 Å². The van der Waals surface area contributed by atoms with E-state index in [1.807, 2.05) is 0 Å². The highest BCUT2D eigenvalue weighted by atomic mass is 79.9. The van der Waals surface area contributed by atoms with Crippen LogP contribution in [-0.2, 0) is 10.0 Å². The van der Waals surface area contributed by atoms with Crippen LogP contribution in [0.2, 0.25) is 0 Å². The molecule has 2 aromatic rings. The molecular weight excluding hydrogens is 356 g/mol. The zero-order valence-corrected chi connectivity index (χ0v) is 12.2. The smallest absolute Gasteiger partial charge is 0.266 e. The van der Waals surface area contributed by atoms with Gasteiger partial charge in [0.25, 0.3) is 10.0 Å². The average molecular weight is 364 g/mol. The fourth-order valence-corrected chi connectivity index (χ4v) is 3.00. The minimum absolute atomic E-state index is 0.0187. The van der Waals surface area contributed by atoms with Crippen LogP contribution < -0.4 is 10.5 Å². The molecule has 0 radical (unpaired) electrons. The lowest BCUT2D eigenvalue weighted by Crippen LogP contribution is -2.16. The molecule has 3 N–H and O–H groups in total. The first kappa shape index (κ1) is 14.7. The fraction of sp³-hybridized carbons (Fsp3) is 0. The first-order valence-electron chi connectivity index (χ1n) is 5.19. The summed E-state index contributed by atoms with van der Waals surface area (Å²) >= 11 is 3.10. The Morgan fingerprint density at radius 3 is 2.60 bits per heavy atom. The van der Waals surface area contributed by atoms with Gasteiger partial charge in [0.2, 0.25) is 0 Å². The van der Waals surface area contributed by atoms with Gasteiger partial charge in [-0.3, -0.25) is 4.72 Å². The summed E-state index contributed by atoms with van der Waals surface area (Å²) < 4.78 is 53.2. The minimum Gasteiger partial charge on any atom is -0.396 e. The molecule has 0 aliphatic rings. The molecule has 1 heterocycles. The van der Waals surface area contributed by atoms with E-state index in [4.69, 9.17) is 5.73 Å². The summed E-state index contributed by atoms with van der Waals surface area (Å²) in [5.74, 6) is -2.29. The molecular formula is C11H8BrF2N3O2S. The molecule has 0 fully saturated rings. The number of anilines is 2. The van der Waals surface area contributed by atoms with E-state index in [1.165, 1.54) is 6.20 Å². The number of rotatable bonds is 3. The molecule has 106 valence electrons. The van der Waals surface area contributed by atoms with Crippen LogP contribution in [0.5, 0.6) is 0 Å². The van der Waals surface area contributed by atoms with E-state index in [-0.39, 0.29) is 5.82 Å². The first-order chi connectivity index (χ1) is 9.31. The Bertz CT molecular complexity index is 768. The van der Waals surface area contributed by atoms with Crippen LogP contribution >= 0.6 is 15.9 Å². The van der Waals surface area contributed by atoms with Gasteiger partial charge in [0, 0.05) is 12.3 Å². The third kappa shape index (κ3) is 2.88. The Balaban J connectivity index is 2.47. The molecule has 0 unspecified atom stereocenters. The maximum Gasteiger partial charge on any atom is 0.266 e. The highest BCUT2D eigenvalue weighted by Gasteiger charge is 2.22. The van der Waals surface area contributed by atoms with E-state index in [2.05, 4.69) is 25.6 Å². The number of nitrogen functional groups attached to an aromatic ring is 1. The quantitative estimate of drug-likeness (QED) is 0.820. The lowest BCUT2D eigenvalue weighted by atomic mass is 10.3. The predicted octanol–water partition coefficient (Wildman–Crippen LogP) is 2.51. The second kappa shape index (κ2) is 5.33. The Labute approximate surface area is 122 Å². The molecule has 0 saturated heterocycles. The van der Waals surface area contributed by atoms with Crippen LogP contribution in [0.4, 0.5) is 20.3 Å². The van der Waals surface area contributed by atoms with E-state index < -0.39 is 32.2 Å². The van der Waals surface area contributed by atoms with Crippen LogP contribution in [0.15, 0.2) is 39.8 Å². The molecule has 9 heteroatoms. The number of hydrogen-bond acceptors (Lipinski definition) is 4. The van der Waals surface area contributed by atoms with Crippen molar-refractivity contribution in [1.82, 2.24) is 4.98 Å². The molecule has 1 aromatic carbocycles. The summed E-state index contributed by atoms with van der Waals surface area (Å²) in [5.41, 5.74) is 4.78. The second-order valence-corrected chi connectivity index (χ2v) is 6.25. The van der Waals surface area contributed by atoms with Crippen LogP contribution in [-0.4, -0.2) is 13.4 Å². The number of nitrogens with one attached hydrogen (secondary N) is 1. The number of halogens is 3. The van der Waals surface area contributed by atoms with Crippen molar-refractivity contribution in [3.63, 3.8) is 0 Å². The van der Waals surface area contributed by atoms with Crippen molar-refractivity contribution in [3.8, 4) is 0 Å². The van der Waals surface area contributed by atoms with E-state index in [9.17, 15) is 17.2 Å². The van der Waals surface area contributed by atoms with E-state index >= 15 is 0 Å². The topological polar surface area (TPSA) is 85.1 Å². The van der Waals surface area contributed by atoms with Gasteiger partial charge in [-0.15, -0.1) is 0 Å². The van der Waals surface area contributed by atoms with Crippen LogP contribution in [0.25, 0.3) is 0 Å². The Morgan fingerprint density at radius 1 is 1.25 bits per heavy atom. The largest absolute Gasteiger partial charge is 0.396 e. The van der Waals surface area contributed by atoms with Crippen molar-refractivity contribution in [3.05, 3.63) is 46.6 Å². The summed E-state index contributed by atoms with van der Waals surface area (Å²) in [6.07, 6.45) is 1.36. The molecule has 2 rings (SSSR count). The van der Waals surface area contributed by atoms with Gasteiger partial charge in [0.05, 0.1) is 10.2 Å². The SMILES string of the molecule is Nc1cc(S(=O)(=O)Nc2ncccc2Br)c(F)cc1F. The first-order valence-corrected chi connectivity index (χ1v) is 7.47. The molecule has 5 nitrogen and oxygen atoms in total. The summed E-state index contributed by atoms with van der Waals surface area (Å²) in [6.45, 7) is 0. The van der Waals surface area contributed by atoms with Crippen molar-refractivity contribution in [2.24, 2.45) is 0 Å². The lowest BCUT2D eigenvalue weighted by Gasteiger charge is -2.10. The van der Waals surface area contributed by atoms with E-state index in [1.54, 1.807) is 12.1 Å². The van der Waals surface area contributed by atoms with Crippen LogP contribution in [0.3, 0.4) is 0 Å². The predicted molar refractivity (Wildman–Crippen MR) is 73.5 cm³/mol. The number of benzene rings is 1. The van der Waals surface area contributed by atoms with Gasteiger partial charge in [-0.1, -0.05) is 0 Å². The summed E-state index contributed by atoms with van der Waals surface area (Å²) in [4.78, 5) is 3.04. The maximum atomic E-state index is 13.6. The highest BCUT2D eigenvalue weighted by Crippen LogP contribution is 2.25. The van der Waals surface area contributed by atoms with Gasteiger partial charge in [0.1, 0.15) is 16.5 Å². The number of nitrogens with zero attached hydrogens (tertiary/aromatic N) is 1. The van der Waals surface area contributed by atoms with Crippen molar-refractivity contribution in [1.29, 1.82) is 0 Å². The standard InChI is InChI=1S/C11H8BrF2N3O2S/c12-6-2-1-3-16-11(6)17-20(18,19)10-5-9(15)7(13)4-8(10)14/h1-5H,15H2,(H,16,17). The van der Waals surface area contributed by atoms with E-state index in [0.29, 0.717) is 16.6 Å². The zero-order valence-electron chi connectivity index (χ0n) is 9.77. The Morgan fingerprint density at radius 2 is 1.95 bits per heavy atom. The molecule has 0 spiro atoms. The van der Waals surface area contributed by atoms with Crippen molar-refractivity contribution in [2.75, 3.05) is 10.5 Å². The molecule has 0 saturated carbocycles. The van der Waals surface area contributed by atoms with Gasteiger partial charge in [-0.2, -0.15) is 0 Å². The van der Waals surface area contributed by atoms with Gasteiger partial charge >= 0.3 is 0 Å². The van der Waals surface area contributed by atoms with E-state index in [0.717, 1.165) is 0 Å². The number of aromatic nitrogens is 1. The number of pyridine rings is 1. The number of hydrogen-bond donors (Lipinski definition) is 2. The fourth-order valence-electron chi connectivity index (χ4n) is 1.39. The lowest BCUT2D eigenvalue weighted by molar-refractivity contribution is 0.553. The third-order valence-electron chi connectivity index (χ3n) is 2.33. The van der Waals surface area contributed by atoms with Crippen LogP contribution in [0, 0.1) is 11.6 Å². The Kier molecular flexibility index (Phi) is 3.91. The van der Waals surface area contributed by atoms with Gasteiger partial charge < -0.3 is 5.73 Å². The average Bonchev–Trinajstić information content (AvgIpc) is 2.36. The van der Waals surface area contributed by atoms with Crippen molar-refractivity contribution < 1.29 is 17.2 Å². The summed E-state index contributed by atoms with van der Waals surface area (Å²) in [5, 5.41) is 0. The maximum absolute atomic E-state index is 13.6. The number of sulfonamides is 1. The third-order valence-corrected chi connectivity index (χ3v) is 4.32. The monoisotopic (exact) mass is 363 g/mol. The minimum atomic E-state index is -4.27. The highest BCUT2D eigenvalue weighted by molar-refractivity contribution is 9.10. The second-order valence-electron chi connectivity index (χ2n) is 3.74. The molecule has 0 aliphatic carbocycles. The Hall–Kier alpha value is -1.74. The normalized spacial score (nSPS) is 11.3. The molecule has 1 aromatic heterocycles. The van der Waals surface area contributed by atoms with Gasteiger partial charge in [-0.05, 0) is 34.1 Å². The molecule has 0 bridgehead atoms. The molecule has 0 aliphatic heterocycles. The summed E-state index contributed by atoms with van der Waals surface area (Å²) in [7, 11) is -4.27. The summed E-state index contributed by atoms with van der Waals surface area (Å²) in [6, 6.07) is 4.26.